The number of hydrogen-bond donors (Lipinski definition) is 5. The molecule has 414 valence electrons. The van der Waals surface area contributed by atoms with Gasteiger partial charge >= 0.3 is 0 Å². The lowest BCUT2D eigenvalue weighted by atomic mass is 9.77. The van der Waals surface area contributed by atoms with Crippen LogP contribution in [-0.2, 0) is 46.4 Å². The van der Waals surface area contributed by atoms with E-state index in [0.717, 1.165) is 58.6 Å². The van der Waals surface area contributed by atoms with Gasteiger partial charge in [-0.25, -0.2) is 0 Å². The van der Waals surface area contributed by atoms with E-state index in [9.17, 15) is 29.1 Å². The van der Waals surface area contributed by atoms with Gasteiger partial charge in [-0.3, -0.25) is 24.0 Å². The first-order valence-electron chi connectivity index (χ1n) is 26.8. The van der Waals surface area contributed by atoms with Crippen molar-refractivity contribution in [2.75, 3.05) is 70.9 Å². The van der Waals surface area contributed by atoms with Gasteiger partial charge in [-0.1, -0.05) is 57.2 Å². The minimum atomic E-state index is -0.901. The Bertz CT molecular complexity index is 2820. The number of pyridine rings is 1. The van der Waals surface area contributed by atoms with E-state index in [1.807, 2.05) is 101 Å². The number of Topliss-reactive ketones (excluding diaryl/α,β-unsaturated/α-hetero) is 1. The Morgan fingerprint density at radius 2 is 1.44 bits per heavy atom. The molecule has 2 aromatic heterocycles. The summed E-state index contributed by atoms with van der Waals surface area (Å²) < 4.78 is 28.6. The third-order valence-corrected chi connectivity index (χ3v) is 15.4. The number of aliphatic hydroxyl groups is 1. The monoisotopic (exact) mass is 1080 g/mol. The second-order valence-electron chi connectivity index (χ2n) is 21.1. The summed E-state index contributed by atoms with van der Waals surface area (Å²) in [7, 11) is 0. The van der Waals surface area contributed by atoms with Crippen molar-refractivity contribution in [1.82, 2.24) is 20.9 Å². The number of carbonyl (C=O) groups is 4. The number of nitrogens with zero attached hydrogens (tertiary/aromatic N) is 1. The van der Waals surface area contributed by atoms with Gasteiger partial charge in [0.15, 0.2) is 5.78 Å². The molecule has 4 atom stereocenters. The summed E-state index contributed by atoms with van der Waals surface area (Å²) in [5.74, 6) is -2.11. The van der Waals surface area contributed by atoms with E-state index in [1.54, 1.807) is 11.3 Å². The summed E-state index contributed by atoms with van der Waals surface area (Å²) in [6.45, 7) is 17.4. The van der Waals surface area contributed by atoms with E-state index in [2.05, 4.69) is 57.2 Å². The van der Waals surface area contributed by atoms with Crippen molar-refractivity contribution in [1.29, 1.82) is 0 Å². The number of aliphatic hydroxyl groups excluding tert-OH is 1. The smallest absolute Gasteiger partial charge is 0.253 e. The fourth-order valence-electron chi connectivity index (χ4n) is 10.2. The number of hydrogen-bond acceptors (Lipinski definition) is 13. The number of aryl methyl sites for hydroxylation is 3. The van der Waals surface area contributed by atoms with E-state index in [0.29, 0.717) is 63.1 Å². The van der Waals surface area contributed by atoms with Crippen molar-refractivity contribution >= 4 is 40.5 Å². The van der Waals surface area contributed by atoms with Crippen molar-refractivity contribution in [3.8, 4) is 27.3 Å². The topological polar surface area (TPSA) is 207 Å². The number of aromatic nitrogens is 1. The lowest BCUT2D eigenvalue weighted by molar-refractivity contribution is -0.138. The van der Waals surface area contributed by atoms with Crippen molar-refractivity contribution < 1.29 is 48.0 Å². The first-order valence-corrected chi connectivity index (χ1v) is 27.7. The summed E-state index contributed by atoms with van der Waals surface area (Å²) in [5, 5.41) is 21.5. The fraction of sp³-hybridized carbons (Fsp3) is 0.483. The molecule has 1 saturated heterocycles. The van der Waals surface area contributed by atoms with Crippen LogP contribution in [0.15, 0.2) is 89.0 Å². The molecule has 5 aromatic rings. The quantitative estimate of drug-likeness (QED) is 0.0336. The first-order chi connectivity index (χ1) is 37.0. The number of H-pyrrole nitrogens is 1. The molecule has 17 heteroatoms. The number of aromatic amines is 1. The summed E-state index contributed by atoms with van der Waals surface area (Å²) in [4.78, 5) is 73.5. The maximum atomic E-state index is 14.1. The molecule has 1 saturated carbocycles. The molecule has 1 unspecified atom stereocenters. The Kier molecular flexibility index (Phi) is 21.2. The highest BCUT2D eigenvalue weighted by Gasteiger charge is 2.46. The van der Waals surface area contributed by atoms with E-state index < -0.39 is 35.3 Å². The second-order valence-corrected chi connectivity index (χ2v) is 22.0. The van der Waals surface area contributed by atoms with Crippen LogP contribution >= 0.6 is 11.3 Å². The molecule has 3 heterocycles. The molecule has 1 aliphatic carbocycles. The highest BCUT2D eigenvalue weighted by Crippen LogP contribution is 2.37. The van der Waals surface area contributed by atoms with Gasteiger partial charge in [0, 0.05) is 72.2 Å². The third kappa shape index (κ3) is 16.4. The molecule has 1 aliphatic heterocycles. The van der Waals surface area contributed by atoms with Crippen LogP contribution < -0.4 is 31.1 Å². The number of anilines is 1. The van der Waals surface area contributed by atoms with Gasteiger partial charge < -0.3 is 54.6 Å². The predicted molar refractivity (Wildman–Crippen MR) is 299 cm³/mol. The number of nitrogens with one attached hydrogen (secondary N) is 4. The molecule has 3 aromatic carbocycles. The predicted octanol–water partition coefficient (Wildman–Crippen LogP) is 7.86. The largest absolute Gasteiger partial charge is 0.491 e. The van der Waals surface area contributed by atoms with Crippen LogP contribution in [0.2, 0.25) is 0 Å². The first kappa shape index (κ1) is 58.5. The molecule has 16 nitrogen and oxygen atoms in total. The zero-order chi connectivity index (χ0) is 55.1. The van der Waals surface area contributed by atoms with Crippen LogP contribution in [0.4, 0.5) is 5.69 Å². The molecule has 2 aliphatic rings. The maximum Gasteiger partial charge on any atom is 0.253 e. The van der Waals surface area contributed by atoms with Crippen molar-refractivity contribution in [2.45, 2.75) is 105 Å². The Labute approximate surface area is 456 Å². The normalized spacial score (nSPS) is 17.2. The lowest BCUT2D eigenvalue weighted by Gasteiger charge is -2.35. The van der Waals surface area contributed by atoms with Crippen molar-refractivity contribution in [3.05, 3.63) is 128 Å². The number of benzene rings is 3. The minimum Gasteiger partial charge on any atom is -0.491 e. The summed E-state index contributed by atoms with van der Waals surface area (Å²) in [6, 6.07) is 25.0. The van der Waals surface area contributed by atoms with E-state index in [1.165, 1.54) is 10.4 Å². The van der Waals surface area contributed by atoms with E-state index in [-0.39, 0.29) is 68.4 Å². The molecule has 0 spiro atoms. The average Bonchev–Trinajstić information content (AvgIpc) is 4.04. The molecular formula is C60H77N5O11S. The standard InChI is InChI=1S/C60H77N5O11S/c1-8-65(46-17-20-72-21-18-46)47-31-44(30-45(32-47)57(69)62-36-52-39(3)29-40(4)63-59(52)71)42-13-15-49(16-14-42)76-27-26-74-23-22-73-24-25-75-37-53(67)64-56(60(5,6)7)54(68)50-33-48(66)34-51(50)58(70)61-35-41-9-11-43(12-10-41)55-38(2)19-28-77-55/h9-16,19,28-32,46,48,50-51,56,66H,8,17-18,20-27,33-37H2,1-7H3,(H,61,70)(H,62,69)(H,63,71)(H,64,67)/t48-,50?,51+,56+/m0/s1. The van der Waals surface area contributed by atoms with Gasteiger partial charge in [-0.05, 0) is 140 Å². The third-order valence-electron chi connectivity index (χ3n) is 14.3. The van der Waals surface area contributed by atoms with Crippen LogP contribution in [0.5, 0.6) is 5.75 Å². The van der Waals surface area contributed by atoms with E-state index >= 15 is 0 Å². The Morgan fingerprint density at radius 3 is 2.09 bits per heavy atom. The van der Waals surface area contributed by atoms with Crippen LogP contribution in [0.1, 0.15) is 91.7 Å². The molecule has 0 bridgehead atoms. The van der Waals surface area contributed by atoms with Crippen LogP contribution in [0, 0.1) is 38.0 Å². The minimum absolute atomic E-state index is 0.109. The van der Waals surface area contributed by atoms with Gasteiger partial charge in [-0.2, -0.15) is 0 Å². The average molecular weight is 1080 g/mol. The maximum absolute atomic E-state index is 14.1. The Hall–Kier alpha value is -6.21. The van der Waals surface area contributed by atoms with Crippen molar-refractivity contribution in [2.24, 2.45) is 17.3 Å². The SMILES string of the molecule is CCN(c1cc(C(=O)NCc2c(C)cc(C)[nH]c2=O)cc(-c2ccc(OCCOCCOCCOCC(=O)N[C@H](C(=O)C3C[C@H](O)C[C@H]3C(=O)NCc3ccc(-c4sccc4C)cc3)C(C)(C)C)cc2)c1)C1CCOCC1. The summed E-state index contributed by atoms with van der Waals surface area (Å²) in [6.07, 6.45) is 1.31. The van der Waals surface area contributed by atoms with Crippen molar-refractivity contribution in [3.63, 3.8) is 0 Å². The highest BCUT2D eigenvalue weighted by atomic mass is 32.1. The molecule has 77 heavy (non-hydrogen) atoms. The Balaban J connectivity index is 0.806. The van der Waals surface area contributed by atoms with Gasteiger partial charge in [0.1, 0.15) is 19.0 Å². The number of rotatable bonds is 26. The Morgan fingerprint density at radius 1 is 0.779 bits per heavy atom. The molecule has 0 radical (unpaired) electrons. The zero-order valence-corrected chi connectivity index (χ0v) is 46.5. The second kappa shape index (κ2) is 27.9. The lowest BCUT2D eigenvalue weighted by Crippen LogP contribution is -2.53. The van der Waals surface area contributed by atoms with Crippen LogP contribution in [0.3, 0.4) is 0 Å². The number of carbonyl (C=O) groups excluding carboxylic acids is 4. The fourth-order valence-corrected chi connectivity index (χ4v) is 11.1. The number of thiophene rings is 1. The van der Waals surface area contributed by atoms with E-state index in [4.69, 9.17) is 23.7 Å². The van der Waals surface area contributed by atoms with Crippen LogP contribution in [-0.4, -0.2) is 118 Å². The summed E-state index contributed by atoms with van der Waals surface area (Å²) in [5.41, 5.74) is 7.74. The number of amides is 3. The molecule has 7 rings (SSSR count). The highest BCUT2D eigenvalue weighted by molar-refractivity contribution is 7.13. The van der Waals surface area contributed by atoms with Gasteiger partial charge in [0.2, 0.25) is 11.8 Å². The zero-order valence-electron chi connectivity index (χ0n) is 45.7. The summed E-state index contributed by atoms with van der Waals surface area (Å²) >= 11 is 1.69. The van der Waals surface area contributed by atoms with Crippen LogP contribution in [0.25, 0.3) is 21.6 Å². The van der Waals surface area contributed by atoms with Gasteiger partial charge in [0.25, 0.3) is 11.5 Å². The number of ketones is 1. The van der Waals surface area contributed by atoms with Gasteiger partial charge in [0.05, 0.1) is 51.1 Å². The van der Waals surface area contributed by atoms with Gasteiger partial charge in [-0.15, -0.1) is 11.3 Å². The molecule has 3 amide bonds. The number of ether oxygens (including phenoxy) is 5. The molecule has 2 fully saturated rings. The molecule has 5 N–H and O–H groups in total. The molecular weight excluding hydrogens is 999 g/mol.